The third-order valence-corrected chi connectivity index (χ3v) is 6.77. The quantitative estimate of drug-likeness (QED) is 0.302. The molecule has 0 spiro atoms. The smallest absolute Gasteiger partial charge is 0.383 e. The van der Waals surface area contributed by atoms with Gasteiger partial charge >= 0.3 is 12.1 Å². The van der Waals surface area contributed by atoms with Crippen LogP contribution >= 0.6 is 11.6 Å². The second kappa shape index (κ2) is 8.51. The van der Waals surface area contributed by atoms with Gasteiger partial charge in [0, 0.05) is 36.6 Å². The molecule has 0 saturated heterocycles. The minimum Gasteiger partial charge on any atom is -0.383 e. The molecule has 0 radical (unpaired) electrons. The Morgan fingerprint density at radius 1 is 1.05 bits per heavy atom. The molecule has 13 heteroatoms. The van der Waals surface area contributed by atoms with Crippen molar-refractivity contribution in [2.75, 3.05) is 17.6 Å². The number of hydrogen-bond acceptors (Lipinski definition) is 5. The van der Waals surface area contributed by atoms with Crippen LogP contribution in [0.15, 0.2) is 42.6 Å². The molecule has 1 aliphatic heterocycles. The first-order valence-corrected chi connectivity index (χ1v) is 11.5. The van der Waals surface area contributed by atoms with Crippen LogP contribution in [0.3, 0.4) is 0 Å². The molecule has 4 heterocycles. The van der Waals surface area contributed by atoms with Crippen LogP contribution in [0.25, 0.3) is 17.0 Å². The number of anilines is 2. The average Bonchev–Trinajstić information content (AvgIpc) is 3.36. The van der Waals surface area contributed by atoms with Crippen molar-refractivity contribution >= 4 is 28.8 Å². The Morgan fingerprint density at radius 3 is 2.43 bits per heavy atom. The highest BCUT2D eigenvalue weighted by Gasteiger charge is 2.56. The first-order valence-electron chi connectivity index (χ1n) is 11.1. The van der Waals surface area contributed by atoms with E-state index in [0.717, 1.165) is 5.56 Å². The molecule has 1 atom stereocenters. The van der Waals surface area contributed by atoms with Gasteiger partial charge in [-0.3, -0.25) is 0 Å². The van der Waals surface area contributed by atoms with Crippen molar-refractivity contribution in [1.82, 2.24) is 19.4 Å². The van der Waals surface area contributed by atoms with Crippen LogP contribution in [-0.4, -0.2) is 38.0 Å². The summed E-state index contributed by atoms with van der Waals surface area (Å²) in [5.41, 5.74) is 7.57. The number of nitrogen functional groups attached to an aromatic ring is 1. The minimum atomic E-state index is -5.68. The number of alkyl halides is 5. The number of aromatic nitrogens is 4. The zero-order chi connectivity index (χ0) is 26.8. The van der Waals surface area contributed by atoms with E-state index in [1.807, 2.05) is 6.92 Å². The van der Waals surface area contributed by atoms with Gasteiger partial charge in [-0.25, -0.2) is 19.3 Å². The lowest BCUT2D eigenvalue weighted by atomic mass is 9.78. The van der Waals surface area contributed by atoms with Gasteiger partial charge in [-0.05, 0) is 36.8 Å². The monoisotopic (exact) mass is 540 g/mol. The van der Waals surface area contributed by atoms with Crippen LogP contribution in [0.4, 0.5) is 38.0 Å². The standard InChI is InChI=1S/C24H19ClF6N6/c1-22(12-2-5-14(26)6-3-12)11-33-20-17(22)19(32)35-21(36-20)18-15-7-4-13(25)10-37(15)16(34-18)8-9-23(27,28)24(29,30)31/h2-7,10H,8-9,11H2,1H3,(H3,32,33,35,36). The molecular weight excluding hydrogens is 522 g/mol. The van der Waals surface area contributed by atoms with Crippen LogP contribution in [0.2, 0.25) is 5.02 Å². The van der Waals surface area contributed by atoms with Gasteiger partial charge in [0.25, 0.3) is 0 Å². The van der Waals surface area contributed by atoms with E-state index in [9.17, 15) is 26.3 Å². The number of nitrogens with two attached hydrogens (primary N) is 1. The summed E-state index contributed by atoms with van der Waals surface area (Å²) in [6, 6.07) is 9.05. The van der Waals surface area contributed by atoms with Gasteiger partial charge in [-0.1, -0.05) is 23.7 Å². The average molecular weight is 541 g/mol. The first-order chi connectivity index (χ1) is 17.3. The fraction of sp³-hybridized carbons (Fsp3) is 0.292. The lowest BCUT2D eigenvalue weighted by molar-refractivity contribution is -0.284. The Morgan fingerprint density at radius 2 is 1.76 bits per heavy atom. The van der Waals surface area contributed by atoms with Crippen LogP contribution < -0.4 is 11.1 Å². The molecule has 37 heavy (non-hydrogen) atoms. The molecule has 1 aliphatic rings. The Kier molecular flexibility index (Phi) is 5.78. The third kappa shape index (κ3) is 4.22. The van der Waals surface area contributed by atoms with Gasteiger partial charge in [0.1, 0.15) is 29.0 Å². The Hall–Kier alpha value is -3.54. The van der Waals surface area contributed by atoms with Crippen molar-refractivity contribution in [2.24, 2.45) is 0 Å². The van der Waals surface area contributed by atoms with E-state index < -0.39 is 30.4 Å². The number of hydrogen-bond donors (Lipinski definition) is 2. The van der Waals surface area contributed by atoms with E-state index in [0.29, 0.717) is 23.4 Å². The maximum Gasteiger partial charge on any atom is 0.453 e. The lowest BCUT2D eigenvalue weighted by Crippen LogP contribution is -2.36. The van der Waals surface area contributed by atoms with E-state index in [1.54, 1.807) is 18.2 Å². The number of pyridine rings is 1. The largest absolute Gasteiger partial charge is 0.453 e. The molecule has 0 bridgehead atoms. The summed E-state index contributed by atoms with van der Waals surface area (Å²) in [5.74, 6) is -4.75. The first kappa shape index (κ1) is 25.1. The number of imidazole rings is 1. The number of rotatable bonds is 5. The maximum absolute atomic E-state index is 13.6. The van der Waals surface area contributed by atoms with Gasteiger partial charge in [0.05, 0.1) is 10.5 Å². The van der Waals surface area contributed by atoms with E-state index in [-0.39, 0.29) is 34.0 Å². The van der Waals surface area contributed by atoms with Crippen molar-refractivity contribution < 1.29 is 26.3 Å². The topological polar surface area (TPSA) is 81.1 Å². The van der Waals surface area contributed by atoms with Gasteiger partial charge in [-0.2, -0.15) is 22.0 Å². The number of aryl methyl sites for hydroxylation is 1. The summed E-state index contributed by atoms with van der Waals surface area (Å²) in [6.45, 7) is 2.30. The minimum absolute atomic E-state index is 0.0563. The molecule has 3 N–H and O–H groups in total. The van der Waals surface area contributed by atoms with Crippen molar-refractivity contribution in [2.45, 2.75) is 37.3 Å². The van der Waals surface area contributed by atoms with Crippen molar-refractivity contribution in [3.8, 4) is 11.5 Å². The predicted octanol–water partition coefficient (Wildman–Crippen LogP) is 6.03. The Labute approximate surface area is 211 Å². The van der Waals surface area contributed by atoms with Gasteiger partial charge < -0.3 is 15.5 Å². The number of fused-ring (bicyclic) bond motifs is 2. The van der Waals surface area contributed by atoms with Crippen LogP contribution in [0, 0.1) is 5.82 Å². The number of nitrogens with zero attached hydrogens (tertiary/aromatic N) is 4. The zero-order valence-electron chi connectivity index (χ0n) is 19.2. The lowest BCUT2D eigenvalue weighted by Gasteiger charge is -2.25. The summed E-state index contributed by atoms with van der Waals surface area (Å²) in [6.07, 6.45) is -6.49. The molecule has 0 amide bonds. The molecule has 6 nitrogen and oxygen atoms in total. The summed E-state index contributed by atoms with van der Waals surface area (Å²) in [7, 11) is 0. The second-order valence-corrected chi connectivity index (χ2v) is 9.47. The molecule has 4 aromatic rings. The molecule has 0 aliphatic carbocycles. The van der Waals surface area contributed by atoms with Gasteiger partial charge in [-0.15, -0.1) is 0 Å². The number of nitrogens with one attached hydrogen (secondary N) is 1. The predicted molar refractivity (Wildman–Crippen MR) is 126 cm³/mol. The van der Waals surface area contributed by atoms with E-state index >= 15 is 0 Å². The molecule has 0 saturated carbocycles. The van der Waals surface area contributed by atoms with Crippen molar-refractivity contribution in [1.29, 1.82) is 0 Å². The molecule has 1 unspecified atom stereocenters. The van der Waals surface area contributed by atoms with Gasteiger partial charge in [0.15, 0.2) is 5.82 Å². The fourth-order valence-electron chi connectivity index (χ4n) is 4.54. The third-order valence-electron chi connectivity index (χ3n) is 6.54. The fourth-order valence-corrected chi connectivity index (χ4v) is 4.70. The van der Waals surface area contributed by atoms with Crippen molar-refractivity contribution in [3.05, 3.63) is 70.4 Å². The zero-order valence-corrected chi connectivity index (χ0v) is 19.9. The molecule has 1 aromatic carbocycles. The van der Waals surface area contributed by atoms with Crippen LogP contribution in [0.1, 0.15) is 30.3 Å². The summed E-state index contributed by atoms with van der Waals surface area (Å²) in [4.78, 5) is 13.3. The molecule has 194 valence electrons. The normalized spacial score (nSPS) is 17.7. The second-order valence-electron chi connectivity index (χ2n) is 9.03. The SMILES string of the molecule is CC1(c2ccc(F)cc2)CNc2nc(-c3nc(CCC(F)(F)C(F)(F)F)n4cc(Cl)ccc34)nc(N)c21. The Balaban J connectivity index is 1.57. The van der Waals surface area contributed by atoms with Crippen molar-refractivity contribution in [3.63, 3.8) is 0 Å². The highest BCUT2D eigenvalue weighted by molar-refractivity contribution is 6.30. The van der Waals surface area contributed by atoms with Gasteiger partial charge in [0.2, 0.25) is 0 Å². The summed E-state index contributed by atoms with van der Waals surface area (Å²) in [5, 5.41) is 3.40. The van der Waals surface area contributed by atoms with Crippen LogP contribution in [0.5, 0.6) is 0 Å². The number of halogens is 7. The molecule has 3 aromatic heterocycles. The molecular formula is C24H19ClF6N6. The highest BCUT2D eigenvalue weighted by atomic mass is 35.5. The molecule has 0 fully saturated rings. The summed E-state index contributed by atoms with van der Waals surface area (Å²) < 4.78 is 80.1. The van der Waals surface area contributed by atoms with Crippen LogP contribution in [-0.2, 0) is 11.8 Å². The molecule has 5 rings (SSSR count). The van der Waals surface area contributed by atoms with E-state index in [4.69, 9.17) is 17.3 Å². The number of benzene rings is 1. The van der Waals surface area contributed by atoms with E-state index in [1.165, 1.54) is 28.8 Å². The summed E-state index contributed by atoms with van der Waals surface area (Å²) >= 11 is 6.05. The Bertz CT molecular complexity index is 1500. The van der Waals surface area contributed by atoms with E-state index in [2.05, 4.69) is 20.3 Å². The maximum atomic E-state index is 13.6. The highest BCUT2D eigenvalue weighted by Crippen LogP contribution is 2.44.